The van der Waals surface area contributed by atoms with Crippen LogP contribution >= 0.6 is 11.6 Å². The van der Waals surface area contributed by atoms with Crippen LogP contribution in [0, 0.1) is 10.2 Å². The molecule has 0 bridgehead atoms. The summed E-state index contributed by atoms with van der Waals surface area (Å²) in [6.45, 7) is 0. The van der Waals surface area contributed by atoms with Crippen LogP contribution in [0.5, 0.6) is 0 Å². The molecule has 20 heavy (non-hydrogen) atoms. The van der Waals surface area contributed by atoms with Gasteiger partial charge in [-0.15, -0.1) is 0 Å². The number of hydrogen-bond donors (Lipinski definition) is 3. The fourth-order valence-corrected chi connectivity index (χ4v) is 2.05. The second-order valence-electron chi connectivity index (χ2n) is 3.98. The Hall–Kier alpha value is -1.47. The number of benzene rings is 1. The zero-order valence-electron chi connectivity index (χ0n) is 10.1. The van der Waals surface area contributed by atoms with Crippen LogP contribution in [0.25, 0.3) is 16.3 Å². The molecule has 7 heteroatoms. The second kappa shape index (κ2) is 5.88. The topological polar surface area (TPSA) is 87.9 Å². The molecule has 106 valence electrons. The average Bonchev–Trinajstić information content (AvgIpc) is 2.35. The molecule has 2 aromatic heterocycles. The number of hydrogen-bond acceptors (Lipinski definition) is 4. The van der Waals surface area contributed by atoms with Crippen LogP contribution in [0.15, 0.2) is 54.9 Å². The van der Waals surface area contributed by atoms with Gasteiger partial charge < -0.3 is 0 Å². The van der Waals surface area contributed by atoms with Crippen molar-refractivity contribution in [2.75, 3.05) is 0 Å². The van der Waals surface area contributed by atoms with Gasteiger partial charge in [0.1, 0.15) is 0 Å². The van der Waals surface area contributed by atoms with Crippen LogP contribution in [0.1, 0.15) is 0 Å². The van der Waals surface area contributed by atoms with Crippen LogP contribution in [-0.4, -0.2) is 14.0 Å². The fourth-order valence-electron chi connectivity index (χ4n) is 1.82. The van der Waals surface area contributed by atoms with Gasteiger partial charge in [0.2, 0.25) is 5.52 Å². The predicted octanol–water partition coefficient (Wildman–Crippen LogP) is 0.372. The van der Waals surface area contributed by atoms with Crippen LogP contribution in [0.4, 0.5) is 0 Å². The average molecular weight is 317 g/mol. The Bertz CT molecular complexity index is 737. The molecule has 5 nitrogen and oxygen atoms in total. The summed E-state index contributed by atoms with van der Waals surface area (Å²) in [7, 11) is -4.19. The number of halogens is 2. The summed E-state index contributed by atoms with van der Waals surface area (Å²) in [5, 5.41) is 3.06. The number of aromatic nitrogens is 1. The Morgan fingerprint density at radius 1 is 1.05 bits per heavy atom. The summed E-state index contributed by atoms with van der Waals surface area (Å²) in [5.74, 6) is 0. The van der Waals surface area contributed by atoms with E-state index in [1.54, 1.807) is 0 Å². The van der Waals surface area contributed by atoms with Crippen molar-refractivity contribution < 1.29 is 33.3 Å². The van der Waals surface area contributed by atoms with Crippen LogP contribution in [0.3, 0.4) is 0 Å². The van der Waals surface area contributed by atoms with Gasteiger partial charge in [-0.05, 0) is 17.5 Å². The fraction of sp³-hybridized carbons (Fsp3) is 0. The zero-order valence-corrected chi connectivity index (χ0v) is 11.7. The SMILES string of the molecule is Clc1cccc2cc3cccc[n+]3cc12.[O-][Cl+](O)(O)O. The molecular formula is C13H12Cl2NO4+. The second-order valence-corrected chi connectivity index (χ2v) is 5.26. The van der Waals surface area contributed by atoms with Crippen molar-refractivity contribution in [1.82, 2.24) is 0 Å². The summed E-state index contributed by atoms with van der Waals surface area (Å²) >= 11 is 6.14. The van der Waals surface area contributed by atoms with Gasteiger partial charge in [-0.1, -0.05) is 23.7 Å². The van der Waals surface area contributed by atoms with Gasteiger partial charge in [0.15, 0.2) is 12.4 Å². The van der Waals surface area contributed by atoms with E-state index in [1.165, 1.54) is 10.9 Å². The minimum atomic E-state index is -4.19. The van der Waals surface area contributed by atoms with Crippen molar-refractivity contribution in [3.05, 3.63) is 59.9 Å². The van der Waals surface area contributed by atoms with Crippen LogP contribution in [-0.2, 0) is 0 Å². The molecule has 0 aliphatic heterocycles. The number of rotatable bonds is 0. The molecule has 0 spiro atoms. The van der Waals surface area contributed by atoms with E-state index in [4.69, 9.17) is 30.2 Å². The third-order valence-corrected chi connectivity index (χ3v) is 2.91. The maximum absolute atomic E-state index is 8.83. The van der Waals surface area contributed by atoms with Gasteiger partial charge in [-0.25, -0.2) is 0 Å². The summed E-state index contributed by atoms with van der Waals surface area (Å²) in [5.41, 5.74) is 1.17. The van der Waals surface area contributed by atoms with E-state index >= 15 is 0 Å². The first-order valence-corrected chi connectivity index (χ1v) is 7.19. The van der Waals surface area contributed by atoms with Crippen molar-refractivity contribution in [2.24, 2.45) is 0 Å². The molecule has 0 unspecified atom stereocenters. The standard InChI is InChI=1S/C13H9ClN.ClH3O4/c14-13-6-3-4-10-8-11-5-1-2-7-15(11)9-12(10)13;2-1(3,4)5/h1-9H;2-4H/q+1;. The normalized spacial score (nSPS) is 12.1. The Balaban J connectivity index is 0.000000257. The number of nitrogens with zero attached hydrogens (tertiary/aromatic N) is 1. The van der Waals surface area contributed by atoms with Gasteiger partial charge >= 0.3 is 28.9 Å². The van der Waals surface area contributed by atoms with E-state index in [0.29, 0.717) is 0 Å². The van der Waals surface area contributed by atoms with Crippen LogP contribution < -0.4 is 9.06 Å². The molecular weight excluding hydrogens is 305 g/mol. The van der Waals surface area contributed by atoms with Crippen molar-refractivity contribution >= 4 is 27.9 Å². The van der Waals surface area contributed by atoms with E-state index < -0.39 is 10.2 Å². The summed E-state index contributed by atoms with van der Waals surface area (Å²) in [6.07, 6.45) is 4.09. The quantitative estimate of drug-likeness (QED) is 0.413. The summed E-state index contributed by atoms with van der Waals surface area (Å²) in [4.78, 5) is 0. The maximum atomic E-state index is 8.83. The molecule has 3 rings (SSSR count). The van der Waals surface area contributed by atoms with Crippen molar-refractivity contribution in [1.29, 1.82) is 0 Å². The monoisotopic (exact) mass is 316 g/mol. The van der Waals surface area contributed by atoms with Gasteiger partial charge in [-0.2, -0.15) is 4.40 Å². The third kappa shape index (κ3) is 4.01. The number of fused-ring (bicyclic) bond motifs is 2. The van der Waals surface area contributed by atoms with Gasteiger partial charge in [0.25, 0.3) is 0 Å². The van der Waals surface area contributed by atoms with Gasteiger partial charge in [0.05, 0.1) is 10.4 Å². The molecule has 0 amide bonds. The van der Waals surface area contributed by atoms with E-state index in [-0.39, 0.29) is 0 Å². The molecule has 2 heterocycles. The molecule has 0 fully saturated rings. The third-order valence-electron chi connectivity index (χ3n) is 2.58. The molecule has 0 aliphatic rings. The van der Waals surface area contributed by atoms with Crippen molar-refractivity contribution in [3.63, 3.8) is 0 Å². The summed E-state index contributed by atoms with van der Waals surface area (Å²) < 4.78 is 32.3. The van der Waals surface area contributed by atoms with E-state index in [0.717, 1.165) is 10.4 Å². The van der Waals surface area contributed by atoms with E-state index in [1.807, 2.05) is 30.5 Å². The molecule has 0 saturated heterocycles. The Morgan fingerprint density at radius 2 is 1.75 bits per heavy atom. The first-order valence-electron chi connectivity index (χ1n) is 5.49. The molecule has 3 aromatic rings. The van der Waals surface area contributed by atoms with Crippen molar-refractivity contribution in [3.8, 4) is 0 Å². The van der Waals surface area contributed by atoms with Crippen molar-refractivity contribution in [2.45, 2.75) is 0 Å². The minimum absolute atomic E-state index is 0.797. The van der Waals surface area contributed by atoms with Gasteiger partial charge in [-0.3, -0.25) is 0 Å². The molecule has 0 atom stereocenters. The van der Waals surface area contributed by atoms with Crippen LogP contribution in [0.2, 0.25) is 5.02 Å². The molecule has 0 saturated carbocycles. The Kier molecular flexibility index (Phi) is 4.39. The Morgan fingerprint density at radius 3 is 2.45 bits per heavy atom. The zero-order chi connectivity index (χ0) is 14.8. The molecule has 3 N–H and O–H groups in total. The Labute approximate surface area is 121 Å². The van der Waals surface area contributed by atoms with Gasteiger partial charge in [0, 0.05) is 18.2 Å². The first-order chi connectivity index (χ1) is 9.34. The first kappa shape index (κ1) is 14.9. The van der Waals surface area contributed by atoms with E-state index in [2.05, 4.69) is 28.8 Å². The van der Waals surface area contributed by atoms with E-state index in [9.17, 15) is 0 Å². The predicted molar refractivity (Wildman–Crippen MR) is 68.8 cm³/mol. The summed E-state index contributed by atoms with van der Waals surface area (Å²) in [6, 6.07) is 14.2. The molecule has 0 aliphatic carbocycles. The number of pyridine rings is 2. The molecule has 1 aromatic carbocycles. The molecule has 0 radical (unpaired) electrons.